The Morgan fingerprint density at radius 2 is 1.82 bits per heavy atom. The average Bonchev–Trinajstić information content (AvgIpc) is 2.46. The number of aliphatic hydroxyl groups excluding tert-OH is 1. The molecule has 120 valence electrons. The van der Waals surface area contributed by atoms with Crippen LogP contribution in [0.25, 0.3) is 0 Å². The van der Waals surface area contributed by atoms with Crippen LogP contribution in [-0.4, -0.2) is 47.5 Å². The molecule has 0 bridgehead atoms. The molecule has 0 saturated carbocycles. The van der Waals surface area contributed by atoms with Gasteiger partial charge in [-0.25, -0.2) is 4.79 Å². The third-order valence-corrected chi connectivity index (χ3v) is 4.14. The number of carbonyl (C=O) groups is 2. The van der Waals surface area contributed by atoms with Gasteiger partial charge in [-0.05, 0) is 18.9 Å². The van der Waals surface area contributed by atoms with Crippen molar-refractivity contribution in [1.82, 2.24) is 5.32 Å². The van der Waals surface area contributed by atoms with Gasteiger partial charge in [0.05, 0.1) is 6.61 Å². The van der Waals surface area contributed by atoms with E-state index in [0.717, 1.165) is 12.5 Å². The maximum atomic E-state index is 11.9. The molecule has 0 heterocycles. The Bertz CT molecular complexity index is 675. The predicted molar refractivity (Wildman–Crippen MR) is 80.0 cm³/mol. The Kier molecular flexibility index (Phi) is 6.26. The van der Waals surface area contributed by atoms with Gasteiger partial charge in [0.15, 0.2) is 5.54 Å². The number of amides is 1. The molecule has 0 radical (unpaired) electrons. The molecule has 1 aromatic carbocycles. The van der Waals surface area contributed by atoms with Crippen LogP contribution in [0.15, 0.2) is 30.3 Å². The Hall–Kier alpha value is -2.19. The molecule has 0 fully saturated rings. The SMILES string of the molecule is C[C@@](NC(=O)CCc1ccccc1)(C(=O)O)C(CO)=S(=O)=O. The Balaban J connectivity index is 2.86. The molecule has 0 spiro atoms. The molecule has 0 aliphatic rings. The van der Waals surface area contributed by atoms with Crippen LogP contribution >= 0.6 is 0 Å². The molecule has 7 nitrogen and oxygen atoms in total. The highest BCUT2D eigenvalue weighted by Crippen LogP contribution is 2.09. The summed E-state index contributed by atoms with van der Waals surface area (Å²) in [5.74, 6) is -2.18. The fourth-order valence-corrected chi connectivity index (χ4v) is 2.44. The normalized spacial score (nSPS) is 13.0. The zero-order valence-corrected chi connectivity index (χ0v) is 12.8. The van der Waals surface area contributed by atoms with Crippen molar-refractivity contribution < 1.29 is 28.2 Å². The van der Waals surface area contributed by atoms with Gasteiger partial charge < -0.3 is 15.5 Å². The fourth-order valence-electron chi connectivity index (χ4n) is 1.86. The lowest BCUT2D eigenvalue weighted by Gasteiger charge is -2.25. The summed E-state index contributed by atoms with van der Waals surface area (Å²) in [6, 6.07) is 9.10. The van der Waals surface area contributed by atoms with Gasteiger partial charge >= 0.3 is 5.97 Å². The first-order chi connectivity index (χ1) is 10.3. The molecular formula is C14H17NO6S. The zero-order valence-electron chi connectivity index (χ0n) is 11.9. The number of aliphatic carboxylic acids is 1. The fraction of sp³-hybridized carbons (Fsp3) is 0.357. The zero-order chi connectivity index (χ0) is 16.8. The third-order valence-electron chi connectivity index (χ3n) is 3.20. The molecule has 0 aliphatic carbocycles. The van der Waals surface area contributed by atoms with Gasteiger partial charge in [0.1, 0.15) is 4.86 Å². The topological polar surface area (TPSA) is 121 Å². The molecular weight excluding hydrogens is 310 g/mol. The summed E-state index contributed by atoms with van der Waals surface area (Å²) in [6.07, 6.45) is 0.383. The molecule has 1 amide bonds. The Morgan fingerprint density at radius 3 is 2.27 bits per heavy atom. The lowest BCUT2D eigenvalue weighted by atomic mass is 9.97. The minimum Gasteiger partial charge on any atom is -0.479 e. The van der Waals surface area contributed by atoms with Gasteiger partial charge in [0, 0.05) is 6.42 Å². The monoisotopic (exact) mass is 327 g/mol. The van der Waals surface area contributed by atoms with Crippen LogP contribution in [0.1, 0.15) is 18.9 Å². The van der Waals surface area contributed by atoms with Crippen molar-refractivity contribution in [3.8, 4) is 0 Å². The summed E-state index contributed by atoms with van der Waals surface area (Å²) >= 11 is 0. The van der Waals surface area contributed by atoms with E-state index in [-0.39, 0.29) is 6.42 Å². The highest BCUT2D eigenvalue weighted by atomic mass is 32.2. The first-order valence-electron chi connectivity index (χ1n) is 6.46. The van der Waals surface area contributed by atoms with Crippen molar-refractivity contribution in [1.29, 1.82) is 0 Å². The van der Waals surface area contributed by atoms with E-state index in [1.54, 1.807) is 0 Å². The van der Waals surface area contributed by atoms with E-state index in [2.05, 4.69) is 5.32 Å². The summed E-state index contributed by atoms with van der Waals surface area (Å²) in [5.41, 5.74) is -1.27. The van der Waals surface area contributed by atoms with Crippen LogP contribution in [0.3, 0.4) is 0 Å². The summed E-state index contributed by atoms with van der Waals surface area (Å²) in [7, 11) is -2.93. The van der Waals surface area contributed by atoms with Crippen molar-refractivity contribution in [3.63, 3.8) is 0 Å². The van der Waals surface area contributed by atoms with E-state index < -0.39 is 39.2 Å². The molecule has 0 aliphatic heterocycles. The smallest absolute Gasteiger partial charge is 0.334 e. The predicted octanol–water partition coefficient (Wildman–Crippen LogP) is -0.377. The number of carbonyl (C=O) groups excluding carboxylic acids is 1. The minimum atomic E-state index is -2.93. The summed E-state index contributed by atoms with van der Waals surface area (Å²) in [6.45, 7) is 0.0367. The highest BCUT2D eigenvalue weighted by Gasteiger charge is 2.41. The van der Waals surface area contributed by atoms with Gasteiger partial charge in [-0.1, -0.05) is 30.3 Å². The number of hydrogen-bond donors (Lipinski definition) is 3. The molecule has 0 unspecified atom stereocenters. The molecule has 0 aromatic heterocycles. The summed E-state index contributed by atoms with van der Waals surface area (Å²) in [4.78, 5) is 22.5. The number of carboxylic acid groups (broad SMARTS) is 1. The maximum Gasteiger partial charge on any atom is 0.334 e. The van der Waals surface area contributed by atoms with Gasteiger partial charge in [-0.15, -0.1) is 0 Å². The van der Waals surface area contributed by atoms with Crippen LogP contribution < -0.4 is 5.32 Å². The van der Waals surface area contributed by atoms with E-state index in [0.29, 0.717) is 6.42 Å². The van der Waals surface area contributed by atoms with Crippen LogP contribution in [0.2, 0.25) is 0 Å². The number of carboxylic acids is 1. The number of aliphatic hydroxyl groups is 1. The largest absolute Gasteiger partial charge is 0.479 e. The standard InChI is InChI=1S/C14H17NO6S/c1-14(13(18)19,11(9-16)22(20)21)15-12(17)8-7-10-5-3-2-4-6-10/h2-6,16H,7-9H2,1H3,(H,15,17)(H,18,19)/t14-/m0/s1. The molecule has 1 rings (SSSR count). The quantitative estimate of drug-likeness (QED) is 0.587. The van der Waals surface area contributed by atoms with Gasteiger partial charge in [0.25, 0.3) is 0 Å². The molecule has 3 N–H and O–H groups in total. The van der Waals surface area contributed by atoms with E-state index in [9.17, 15) is 23.1 Å². The number of benzene rings is 1. The number of nitrogens with one attached hydrogen (secondary N) is 1. The summed E-state index contributed by atoms with van der Waals surface area (Å²) in [5, 5.41) is 20.4. The van der Waals surface area contributed by atoms with Crippen molar-refractivity contribution in [2.75, 3.05) is 6.61 Å². The molecule has 22 heavy (non-hydrogen) atoms. The second kappa shape index (κ2) is 7.71. The number of rotatable bonds is 7. The number of aryl methyl sites for hydroxylation is 1. The van der Waals surface area contributed by atoms with Crippen molar-refractivity contribution in [2.45, 2.75) is 25.3 Å². The second-order valence-corrected chi connectivity index (χ2v) is 5.74. The van der Waals surface area contributed by atoms with Crippen LogP contribution in [0.4, 0.5) is 0 Å². The van der Waals surface area contributed by atoms with Crippen molar-refractivity contribution >= 4 is 27.0 Å². The van der Waals surface area contributed by atoms with E-state index in [1.807, 2.05) is 30.3 Å². The highest BCUT2D eigenvalue weighted by molar-refractivity contribution is 7.73. The lowest BCUT2D eigenvalue weighted by molar-refractivity contribution is -0.143. The maximum absolute atomic E-state index is 11.9. The van der Waals surface area contributed by atoms with Crippen LogP contribution in [-0.2, 0) is 26.3 Å². The summed E-state index contributed by atoms with van der Waals surface area (Å²) < 4.78 is 22.1. The van der Waals surface area contributed by atoms with Crippen molar-refractivity contribution in [3.05, 3.63) is 35.9 Å². The lowest BCUT2D eigenvalue weighted by Crippen LogP contribution is -2.59. The van der Waals surface area contributed by atoms with Gasteiger partial charge in [0.2, 0.25) is 16.2 Å². The molecule has 0 saturated heterocycles. The van der Waals surface area contributed by atoms with E-state index >= 15 is 0 Å². The van der Waals surface area contributed by atoms with Crippen molar-refractivity contribution in [2.24, 2.45) is 0 Å². The molecule has 8 heteroatoms. The van der Waals surface area contributed by atoms with Crippen LogP contribution in [0.5, 0.6) is 0 Å². The molecule has 1 aromatic rings. The minimum absolute atomic E-state index is 0.00289. The second-order valence-electron chi connectivity index (χ2n) is 4.78. The van der Waals surface area contributed by atoms with Crippen LogP contribution in [0, 0.1) is 0 Å². The van der Waals surface area contributed by atoms with Gasteiger partial charge in [-0.2, -0.15) is 8.42 Å². The first-order valence-corrected chi connectivity index (χ1v) is 7.53. The van der Waals surface area contributed by atoms with Gasteiger partial charge in [-0.3, -0.25) is 4.79 Å². The third kappa shape index (κ3) is 4.40. The average molecular weight is 327 g/mol. The Morgan fingerprint density at radius 1 is 1.23 bits per heavy atom. The number of hydrogen-bond acceptors (Lipinski definition) is 5. The van der Waals surface area contributed by atoms with E-state index in [4.69, 9.17) is 5.11 Å². The first kappa shape index (κ1) is 17.9. The Labute approximate surface area is 129 Å². The molecule has 1 atom stereocenters. The van der Waals surface area contributed by atoms with E-state index in [1.165, 1.54) is 0 Å².